The van der Waals surface area contributed by atoms with Crippen LogP contribution in [0.15, 0.2) is 67.0 Å². The molecule has 0 fully saturated rings. The highest BCUT2D eigenvalue weighted by Gasteiger charge is 2.09. The number of hydrogen-bond donors (Lipinski definition) is 2. The standard InChI is InChI=1S/C21H19N5S/c1-26(2)16-9-7-15(8-10-16)24-21(27)25-18-13-14-5-3-11-22-19(14)20-17(18)6-4-12-23-20/h3-13H,1-2H3,(H2,24,25,27). The first-order valence-electron chi connectivity index (χ1n) is 8.60. The van der Waals surface area contributed by atoms with Gasteiger partial charge < -0.3 is 15.5 Å². The number of rotatable bonds is 3. The lowest BCUT2D eigenvalue weighted by molar-refractivity contribution is 1.13. The molecule has 0 unspecified atom stereocenters. The number of nitrogens with zero attached hydrogens (tertiary/aromatic N) is 3. The Balaban J connectivity index is 1.63. The number of aromatic nitrogens is 2. The molecule has 0 saturated carbocycles. The van der Waals surface area contributed by atoms with Gasteiger partial charge in [-0.15, -0.1) is 0 Å². The maximum Gasteiger partial charge on any atom is 0.175 e. The van der Waals surface area contributed by atoms with Gasteiger partial charge in [0.05, 0.1) is 16.7 Å². The van der Waals surface area contributed by atoms with Crippen LogP contribution in [0.25, 0.3) is 21.8 Å². The van der Waals surface area contributed by atoms with Gasteiger partial charge in [0.1, 0.15) is 0 Å². The molecule has 0 aliphatic rings. The molecule has 0 radical (unpaired) electrons. The molecule has 2 aromatic carbocycles. The summed E-state index contributed by atoms with van der Waals surface area (Å²) >= 11 is 5.52. The van der Waals surface area contributed by atoms with Crippen LogP contribution in [0.5, 0.6) is 0 Å². The van der Waals surface area contributed by atoms with Gasteiger partial charge in [0, 0.05) is 48.6 Å². The first-order chi connectivity index (χ1) is 13.1. The second-order valence-corrected chi connectivity index (χ2v) is 6.83. The third-order valence-corrected chi connectivity index (χ3v) is 4.55. The molecule has 4 aromatic rings. The summed E-state index contributed by atoms with van der Waals surface area (Å²) in [6, 6.07) is 18.0. The summed E-state index contributed by atoms with van der Waals surface area (Å²) in [6.07, 6.45) is 3.57. The van der Waals surface area contributed by atoms with E-state index in [1.807, 2.05) is 62.6 Å². The van der Waals surface area contributed by atoms with Crippen molar-refractivity contribution in [3.8, 4) is 0 Å². The fourth-order valence-electron chi connectivity index (χ4n) is 3.01. The van der Waals surface area contributed by atoms with E-state index in [-0.39, 0.29) is 0 Å². The second-order valence-electron chi connectivity index (χ2n) is 6.42. The molecular weight excluding hydrogens is 354 g/mol. The van der Waals surface area contributed by atoms with Crippen LogP contribution in [0.4, 0.5) is 17.1 Å². The maximum absolute atomic E-state index is 5.52. The lowest BCUT2D eigenvalue weighted by Crippen LogP contribution is -2.19. The minimum atomic E-state index is 0.529. The predicted molar refractivity (Wildman–Crippen MR) is 118 cm³/mol. The van der Waals surface area contributed by atoms with Gasteiger partial charge >= 0.3 is 0 Å². The Labute approximate surface area is 163 Å². The third-order valence-electron chi connectivity index (χ3n) is 4.35. The maximum atomic E-state index is 5.52. The lowest BCUT2D eigenvalue weighted by Gasteiger charge is -2.15. The molecule has 5 nitrogen and oxygen atoms in total. The van der Waals surface area contributed by atoms with Gasteiger partial charge in [-0.3, -0.25) is 9.97 Å². The van der Waals surface area contributed by atoms with Crippen LogP contribution in [0, 0.1) is 0 Å². The zero-order valence-corrected chi connectivity index (χ0v) is 15.9. The Kier molecular flexibility index (Phi) is 4.56. The van der Waals surface area contributed by atoms with Crippen molar-refractivity contribution < 1.29 is 0 Å². The summed E-state index contributed by atoms with van der Waals surface area (Å²) < 4.78 is 0. The topological polar surface area (TPSA) is 53.1 Å². The lowest BCUT2D eigenvalue weighted by atomic mass is 10.1. The summed E-state index contributed by atoms with van der Waals surface area (Å²) in [6.45, 7) is 0. The predicted octanol–water partition coefficient (Wildman–Crippen LogP) is 4.66. The summed E-state index contributed by atoms with van der Waals surface area (Å²) in [5, 5.41) is 9.07. The molecular formula is C21H19N5S. The summed E-state index contributed by atoms with van der Waals surface area (Å²) in [4.78, 5) is 11.1. The molecule has 0 aliphatic heterocycles. The molecule has 2 N–H and O–H groups in total. The number of hydrogen-bond acceptors (Lipinski definition) is 4. The average Bonchev–Trinajstić information content (AvgIpc) is 2.68. The number of anilines is 3. The van der Waals surface area contributed by atoms with E-state index >= 15 is 0 Å². The summed E-state index contributed by atoms with van der Waals surface area (Å²) in [5.41, 5.74) is 4.72. The van der Waals surface area contributed by atoms with E-state index in [9.17, 15) is 0 Å². The van der Waals surface area contributed by atoms with Crippen LogP contribution in [0.1, 0.15) is 0 Å². The molecule has 0 aliphatic carbocycles. The third kappa shape index (κ3) is 3.52. The van der Waals surface area contributed by atoms with Gasteiger partial charge in [0.25, 0.3) is 0 Å². The minimum Gasteiger partial charge on any atom is -0.378 e. The normalized spacial score (nSPS) is 10.7. The number of nitrogens with one attached hydrogen (secondary N) is 2. The van der Waals surface area contributed by atoms with E-state index in [2.05, 4.69) is 31.6 Å². The fraction of sp³-hybridized carbons (Fsp3) is 0.0952. The van der Waals surface area contributed by atoms with Crippen LogP contribution < -0.4 is 15.5 Å². The first kappa shape index (κ1) is 17.2. The first-order valence-corrected chi connectivity index (χ1v) is 9.00. The molecule has 0 saturated heterocycles. The van der Waals surface area contributed by atoms with Gasteiger partial charge in [-0.2, -0.15) is 0 Å². The van der Waals surface area contributed by atoms with E-state index < -0.39 is 0 Å². The van der Waals surface area contributed by atoms with Crippen LogP contribution in [-0.4, -0.2) is 29.2 Å². The minimum absolute atomic E-state index is 0.529. The van der Waals surface area contributed by atoms with Crippen LogP contribution in [0.2, 0.25) is 0 Å². The quantitative estimate of drug-likeness (QED) is 0.402. The van der Waals surface area contributed by atoms with Gasteiger partial charge in [0.15, 0.2) is 5.11 Å². The zero-order chi connectivity index (χ0) is 18.8. The van der Waals surface area contributed by atoms with Crippen LogP contribution >= 0.6 is 12.2 Å². The van der Waals surface area contributed by atoms with Crippen molar-refractivity contribution in [3.63, 3.8) is 0 Å². The zero-order valence-electron chi connectivity index (χ0n) is 15.1. The Hall–Kier alpha value is -3.25. The molecule has 0 atom stereocenters. The highest BCUT2D eigenvalue weighted by molar-refractivity contribution is 7.80. The SMILES string of the molecule is CN(C)c1ccc(NC(=S)Nc2cc3cccnc3c3ncccc23)cc1. The summed E-state index contributed by atoms with van der Waals surface area (Å²) in [7, 11) is 4.03. The van der Waals surface area contributed by atoms with Crippen molar-refractivity contribution in [2.45, 2.75) is 0 Å². The number of thiocarbonyl (C=S) groups is 1. The highest BCUT2D eigenvalue weighted by atomic mass is 32.1. The van der Waals surface area contributed by atoms with Crippen molar-refractivity contribution in [2.24, 2.45) is 0 Å². The number of benzene rings is 2. The van der Waals surface area contributed by atoms with E-state index in [0.717, 1.165) is 38.9 Å². The largest absolute Gasteiger partial charge is 0.378 e. The molecule has 0 bridgehead atoms. The number of pyridine rings is 2. The Morgan fingerprint density at radius 3 is 2.33 bits per heavy atom. The molecule has 2 heterocycles. The van der Waals surface area contributed by atoms with Gasteiger partial charge in [0.2, 0.25) is 0 Å². The van der Waals surface area contributed by atoms with Crippen LogP contribution in [0.3, 0.4) is 0 Å². The van der Waals surface area contributed by atoms with Crippen molar-refractivity contribution in [2.75, 3.05) is 29.6 Å². The van der Waals surface area contributed by atoms with Crippen molar-refractivity contribution in [3.05, 3.63) is 67.0 Å². The fourth-order valence-corrected chi connectivity index (χ4v) is 3.24. The van der Waals surface area contributed by atoms with Gasteiger partial charge in [-0.25, -0.2) is 0 Å². The highest BCUT2D eigenvalue weighted by Crippen LogP contribution is 2.29. The monoisotopic (exact) mass is 373 g/mol. The van der Waals surface area contributed by atoms with Crippen LogP contribution in [-0.2, 0) is 0 Å². The Morgan fingerprint density at radius 1 is 0.889 bits per heavy atom. The molecule has 134 valence electrons. The molecule has 4 rings (SSSR count). The molecule has 6 heteroatoms. The van der Waals surface area contributed by atoms with E-state index in [1.165, 1.54) is 0 Å². The average molecular weight is 373 g/mol. The number of fused-ring (bicyclic) bond motifs is 3. The van der Waals surface area contributed by atoms with Gasteiger partial charge in [-0.05, 0) is 60.7 Å². The molecule has 27 heavy (non-hydrogen) atoms. The van der Waals surface area contributed by atoms with E-state index in [0.29, 0.717) is 5.11 Å². The molecule has 2 aromatic heterocycles. The second kappa shape index (κ2) is 7.17. The van der Waals surface area contributed by atoms with Crippen molar-refractivity contribution >= 4 is 56.2 Å². The van der Waals surface area contributed by atoms with Gasteiger partial charge in [-0.1, -0.05) is 6.07 Å². The summed E-state index contributed by atoms with van der Waals surface area (Å²) in [5.74, 6) is 0. The smallest absolute Gasteiger partial charge is 0.175 e. The van der Waals surface area contributed by atoms with Crippen molar-refractivity contribution in [1.82, 2.24) is 9.97 Å². The molecule has 0 amide bonds. The molecule has 0 spiro atoms. The Bertz CT molecular complexity index is 1120. The Morgan fingerprint density at radius 2 is 1.59 bits per heavy atom. The van der Waals surface area contributed by atoms with E-state index in [4.69, 9.17) is 12.2 Å². The van der Waals surface area contributed by atoms with E-state index in [1.54, 1.807) is 12.4 Å². The van der Waals surface area contributed by atoms with Crippen molar-refractivity contribution in [1.29, 1.82) is 0 Å².